The van der Waals surface area contributed by atoms with Crippen LogP contribution in [0, 0.1) is 23.7 Å². The molecular weight excluding hydrogens is 184 g/mol. The second-order valence-corrected chi connectivity index (χ2v) is 6.20. The van der Waals surface area contributed by atoms with Crippen LogP contribution in [0.1, 0.15) is 32.1 Å². The van der Waals surface area contributed by atoms with Gasteiger partial charge in [0, 0.05) is 12.1 Å². The van der Waals surface area contributed by atoms with Crippen LogP contribution < -0.4 is 10.6 Å². The van der Waals surface area contributed by atoms with Crippen molar-refractivity contribution < 1.29 is 0 Å². The fraction of sp³-hybridized carbons (Fsp3) is 1.00. The van der Waals surface area contributed by atoms with E-state index >= 15 is 0 Å². The zero-order chi connectivity index (χ0) is 9.83. The van der Waals surface area contributed by atoms with Gasteiger partial charge >= 0.3 is 0 Å². The Labute approximate surface area is 92.2 Å². The molecule has 4 aliphatic rings. The average molecular weight is 206 g/mol. The van der Waals surface area contributed by atoms with Crippen molar-refractivity contribution in [3.63, 3.8) is 0 Å². The van der Waals surface area contributed by atoms with Crippen LogP contribution >= 0.6 is 0 Å². The van der Waals surface area contributed by atoms with Crippen LogP contribution in [0.15, 0.2) is 0 Å². The summed E-state index contributed by atoms with van der Waals surface area (Å²) in [5.74, 6) is 4.47. The zero-order valence-electron chi connectivity index (χ0n) is 9.41. The van der Waals surface area contributed by atoms with E-state index in [2.05, 4.69) is 10.6 Å². The van der Waals surface area contributed by atoms with Gasteiger partial charge < -0.3 is 10.6 Å². The standard InChI is InChI=1S/C13H22N2/c1-2-9-7-8(1)11-12(9)13(11)15-10-3-5-14-6-4-10/h8-15H,1-7H2. The minimum atomic E-state index is 0.834. The molecule has 1 aliphatic heterocycles. The summed E-state index contributed by atoms with van der Waals surface area (Å²) in [5, 5.41) is 7.40. The van der Waals surface area contributed by atoms with Crippen molar-refractivity contribution in [1.82, 2.24) is 10.6 Å². The number of hydrogen-bond acceptors (Lipinski definition) is 2. The Morgan fingerprint density at radius 3 is 2.20 bits per heavy atom. The number of piperidine rings is 1. The van der Waals surface area contributed by atoms with Gasteiger partial charge in [-0.1, -0.05) is 0 Å². The number of fused-ring (bicyclic) bond motifs is 5. The van der Waals surface area contributed by atoms with Gasteiger partial charge in [-0.15, -0.1) is 0 Å². The highest BCUT2D eigenvalue weighted by atomic mass is 15.1. The van der Waals surface area contributed by atoms with Gasteiger partial charge in [0.15, 0.2) is 0 Å². The van der Waals surface area contributed by atoms with Gasteiger partial charge in [-0.25, -0.2) is 0 Å². The number of rotatable bonds is 2. The minimum absolute atomic E-state index is 0.834. The molecule has 4 fully saturated rings. The monoisotopic (exact) mass is 206 g/mol. The quantitative estimate of drug-likeness (QED) is 0.713. The van der Waals surface area contributed by atoms with Crippen molar-refractivity contribution >= 4 is 0 Å². The molecule has 3 saturated carbocycles. The maximum atomic E-state index is 3.96. The Hall–Kier alpha value is -0.0800. The summed E-state index contributed by atoms with van der Waals surface area (Å²) in [6.45, 7) is 2.46. The van der Waals surface area contributed by atoms with Crippen molar-refractivity contribution in [2.75, 3.05) is 13.1 Å². The fourth-order valence-electron chi connectivity index (χ4n) is 4.81. The Morgan fingerprint density at radius 1 is 0.867 bits per heavy atom. The summed E-state index contributed by atoms with van der Waals surface area (Å²) in [6, 6.07) is 1.78. The molecule has 0 amide bonds. The normalized spacial score (nSPS) is 53.2. The summed E-state index contributed by atoms with van der Waals surface area (Å²) in [7, 11) is 0. The first-order chi connectivity index (χ1) is 7.43. The largest absolute Gasteiger partial charge is 0.317 e. The van der Waals surface area contributed by atoms with Crippen molar-refractivity contribution in [1.29, 1.82) is 0 Å². The minimum Gasteiger partial charge on any atom is -0.317 e. The molecule has 0 aromatic carbocycles. The van der Waals surface area contributed by atoms with Crippen LogP contribution in [0.2, 0.25) is 0 Å². The van der Waals surface area contributed by atoms with Crippen molar-refractivity contribution in [3.05, 3.63) is 0 Å². The highest BCUT2D eigenvalue weighted by Gasteiger charge is 2.64. The van der Waals surface area contributed by atoms with E-state index in [0.29, 0.717) is 0 Å². The van der Waals surface area contributed by atoms with Crippen molar-refractivity contribution in [2.24, 2.45) is 23.7 Å². The smallest absolute Gasteiger partial charge is 0.0138 e. The van der Waals surface area contributed by atoms with Gasteiger partial charge in [-0.3, -0.25) is 0 Å². The van der Waals surface area contributed by atoms with Gasteiger partial charge in [-0.2, -0.15) is 0 Å². The molecule has 15 heavy (non-hydrogen) atoms. The lowest BCUT2D eigenvalue weighted by Crippen LogP contribution is -2.42. The maximum absolute atomic E-state index is 3.96. The van der Waals surface area contributed by atoms with Crippen LogP contribution in [-0.2, 0) is 0 Å². The molecule has 0 spiro atoms. The molecule has 1 saturated heterocycles. The van der Waals surface area contributed by atoms with Crippen molar-refractivity contribution in [2.45, 2.75) is 44.2 Å². The first-order valence-electron chi connectivity index (χ1n) is 6.90. The van der Waals surface area contributed by atoms with E-state index in [1.54, 1.807) is 19.3 Å². The lowest BCUT2D eigenvalue weighted by molar-refractivity contribution is 0.352. The fourth-order valence-corrected chi connectivity index (χ4v) is 4.81. The Bertz CT molecular complexity index is 243. The molecule has 0 radical (unpaired) electrons. The molecule has 4 unspecified atom stereocenters. The third-order valence-corrected chi connectivity index (χ3v) is 5.50. The molecule has 0 aromatic rings. The molecule has 3 aliphatic carbocycles. The van der Waals surface area contributed by atoms with Gasteiger partial charge in [0.1, 0.15) is 0 Å². The number of hydrogen-bond donors (Lipinski definition) is 2. The molecule has 84 valence electrons. The summed E-state index contributed by atoms with van der Waals surface area (Å²) in [5.41, 5.74) is 0. The van der Waals surface area contributed by atoms with Crippen LogP contribution in [0.4, 0.5) is 0 Å². The lowest BCUT2D eigenvalue weighted by atomic mass is 10.0. The average Bonchev–Trinajstić information content (AvgIpc) is 2.71. The summed E-state index contributed by atoms with van der Waals surface area (Å²) >= 11 is 0. The molecule has 0 aromatic heterocycles. The molecule has 4 rings (SSSR count). The van der Waals surface area contributed by atoms with Crippen LogP contribution in [0.5, 0.6) is 0 Å². The Morgan fingerprint density at radius 2 is 1.53 bits per heavy atom. The second kappa shape index (κ2) is 3.21. The molecule has 4 atom stereocenters. The van der Waals surface area contributed by atoms with Gasteiger partial charge in [0.05, 0.1) is 0 Å². The van der Waals surface area contributed by atoms with E-state index < -0.39 is 0 Å². The summed E-state index contributed by atoms with van der Waals surface area (Å²) in [4.78, 5) is 0. The van der Waals surface area contributed by atoms with E-state index in [1.165, 1.54) is 25.9 Å². The van der Waals surface area contributed by atoms with E-state index in [1.807, 2.05) is 0 Å². The van der Waals surface area contributed by atoms with Crippen LogP contribution in [0.3, 0.4) is 0 Å². The highest BCUT2D eigenvalue weighted by Crippen LogP contribution is 2.65. The first kappa shape index (κ1) is 9.00. The molecule has 2 N–H and O–H groups in total. The summed E-state index contributed by atoms with van der Waals surface area (Å²) < 4.78 is 0. The maximum Gasteiger partial charge on any atom is 0.0138 e. The molecule has 2 bridgehead atoms. The van der Waals surface area contributed by atoms with Gasteiger partial charge in [0.2, 0.25) is 0 Å². The van der Waals surface area contributed by atoms with Gasteiger partial charge in [0.25, 0.3) is 0 Å². The molecule has 1 heterocycles. The third-order valence-electron chi connectivity index (χ3n) is 5.50. The van der Waals surface area contributed by atoms with Crippen molar-refractivity contribution in [3.8, 4) is 0 Å². The molecular formula is C13H22N2. The second-order valence-electron chi connectivity index (χ2n) is 6.20. The predicted octanol–water partition coefficient (Wildman–Crippen LogP) is 1.37. The molecule has 2 heteroatoms. The topological polar surface area (TPSA) is 24.1 Å². The Kier molecular flexibility index (Phi) is 1.92. The predicted molar refractivity (Wildman–Crippen MR) is 60.6 cm³/mol. The van der Waals surface area contributed by atoms with Crippen LogP contribution in [0.25, 0.3) is 0 Å². The van der Waals surface area contributed by atoms with Crippen LogP contribution in [-0.4, -0.2) is 25.2 Å². The zero-order valence-corrected chi connectivity index (χ0v) is 9.41. The SMILES string of the molecule is C1CC(NC2C3C4CCC(C4)C23)CCN1. The van der Waals surface area contributed by atoms with E-state index in [9.17, 15) is 0 Å². The third kappa shape index (κ3) is 1.31. The van der Waals surface area contributed by atoms with E-state index in [-0.39, 0.29) is 0 Å². The molecule has 2 nitrogen and oxygen atoms in total. The number of nitrogens with one attached hydrogen (secondary N) is 2. The first-order valence-corrected chi connectivity index (χ1v) is 6.90. The van der Waals surface area contributed by atoms with E-state index in [0.717, 1.165) is 35.8 Å². The summed E-state index contributed by atoms with van der Waals surface area (Å²) in [6.07, 6.45) is 7.39. The lowest BCUT2D eigenvalue weighted by Gasteiger charge is -2.25. The Balaban J connectivity index is 1.37. The highest BCUT2D eigenvalue weighted by molar-refractivity contribution is 5.17. The van der Waals surface area contributed by atoms with E-state index in [4.69, 9.17) is 0 Å². The van der Waals surface area contributed by atoms with Gasteiger partial charge in [-0.05, 0) is 68.9 Å².